The molecule has 8 N–H and O–H groups in total. The lowest BCUT2D eigenvalue weighted by Gasteiger charge is -2.31. The van der Waals surface area contributed by atoms with Gasteiger partial charge in [-0.3, -0.25) is 32.4 Å². The van der Waals surface area contributed by atoms with E-state index in [1.807, 2.05) is 36.3 Å². The molecule has 3 heterocycles. The number of carboxylic acid groups (broad SMARTS) is 1. The summed E-state index contributed by atoms with van der Waals surface area (Å²) in [6.07, 6.45) is 16.7. The molecule has 1 amide bonds. The van der Waals surface area contributed by atoms with Crippen molar-refractivity contribution in [2.75, 3.05) is 43.4 Å². The maximum Gasteiger partial charge on any atom is 0.303 e. The number of hydrogen-bond donors (Lipinski definition) is 8. The van der Waals surface area contributed by atoms with Crippen LogP contribution in [0.1, 0.15) is 128 Å². The van der Waals surface area contributed by atoms with E-state index in [9.17, 15) is 74.4 Å². The number of rotatable bonds is 14. The van der Waals surface area contributed by atoms with Gasteiger partial charge in [0.2, 0.25) is 11.6 Å². The topological polar surface area (TPSA) is 357 Å². The van der Waals surface area contributed by atoms with Crippen molar-refractivity contribution in [2.45, 2.75) is 147 Å². The van der Waals surface area contributed by atoms with Crippen LogP contribution in [0.4, 0.5) is 11.4 Å². The van der Waals surface area contributed by atoms with E-state index in [1.54, 1.807) is 36.4 Å². The van der Waals surface area contributed by atoms with E-state index in [2.05, 4.69) is 10.6 Å². The molecule has 3 aliphatic heterocycles. The number of nitrogens with one attached hydrogen (secondary N) is 2. The van der Waals surface area contributed by atoms with Gasteiger partial charge in [-0.15, -0.1) is 0 Å². The Kier molecular flexibility index (Phi) is 20.4. The first-order chi connectivity index (χ1) is 38.7. The van der Waals surface area contributed by atoms with Crippen molar-refractivity contribution in [1.82, 2.24) is 10.6 Å². The van der Waals surface area contributed by atoms with Crippen LogP contribution in [0.3, 0.4) is 0 Å². The molecule has 7 rings (SSSR count). The van der Waals surface area contributed by atoms with Gasteiger partial charge >= 0.3 is 5.97 Å². The average molecular weight is 1250 g/mol. The molecule has 0 saturated carbocycles. The average Bonchev–Trinajstić information content (AvgIpc) is 1.70. The van der Waals surface area contributed by atoms with Crippen molar-refractivity contribution in [2.24, 2.45) is 5.92 Å². The molecule has 22 nitrogen and oxygen atoms in total. The molecule has 0 radical (unpaired) electrons. The van der Waals surface area contributed by atoms with E-state index in [0.29, 0.717) is 117 Å². The number of carboxylic acids is 1. The van der Waals surface area contributed by atoms with Crippen LogP contribution in [0.15, 0.2) is 104 Å². The zero-order valence-electron chi connectivity index (χ0n) is 46.5. The van der Waals surface area contributed by atoms with Crippen LogP contribution >= 0.6 is 0 Å². The number of allylic oxidation sites excluding steroid dienone is 6. The third-order valence-electron chi connectivity index (χ3n) is 15.9. The minimum Gasteiger partial charge on any atom is -0.481 e. The first kappa shape index (κ1) is 65.1. The second-order valence-corrected chi connectivity index (χ2v) is 29.5. The standard InChI is InChI=1S/C56H72N4O18S5/c1-55(2)49-19-10-7-11-20-50-56(3,54-44-33-40(81(70,71)72)35-48(83(76,77)78)42(44)24-26-46(54)60(50)30-17-31-79(64,65)66)27-14-4-5-15-28-57-36-38(18-9-6-13-22-52(62)63)37-58-51(61)21-12-8-16-29-59(49)45-25-23-41-43(53(45)55)32-39(80(67,68)69)34-47(41)82(73,74)75/h7,10-11,19-20,23-26,32-35,38,57H,4-6,8-9,12-18,21-22,27-31,36-37H2,1-3H3,(H6-,58,61,62,63,64,65,66,67,68,69,70,71,72,73,74,75,76,77,78)/p+1. The Morgan fingerprint density at radius 1 is 0.663 bits per heavy atom. The number of fused-ring (bicyclic) bond motifs is 9. The Hall–Kier alpha value is -5.46. The second kappa shape index (κ2) is 26.0. The van der Waals surface area contributed by atoms with E-state index >= 15 is 0 Å². The lowest BCUT2D eigenvalue weighted by Crippen LogP contribution is -2.34. The summed E-state index contributed by atoms with van der Waals surface area (Å²) in [6.45, 7) is 7.61. The minimum atomic E-state index is -5.10. The maximum atomic E-state index is 13.3. The SMILES string of the molecule is CC1(C)C2=[N+](CCCCCC(=O)NCC(CCCCCC(=O)O)CNCCCCCCC3(C)/C(=C/C=C/C=C/2)N(CCCS(=O)(=O)O)c2ccc4c(S(=O)(=O)O)cc(S(=O)(=O)O)cc4c23)c2ccc3c(S(=O)(=O)O)cc(S(=O)(=O)O)cc3c21. The summed E-state index contributed by atoms with van der Waals surface area (Å²) in [5, 5.41) is 15.9. The molecule has 83 heavy (non-hydrogen) atoms. The van der Waals surface area contributed by atoms with Crippen molar-refractivity contribution < 1.29 is 84.1 Å². The van der Waals surface area contributed by atoms with Crippen molar-refractivity contribution in [3.05, 3.63) is 95.7 Å². The molecule has 3 aliphatic rings. The first-order valence-corrected chi connectivity index (χ1v) is 34.9. The number of carbonyl (C=O) groups excluding carboxylic acids is 1. The summed E-state index contributed by atoms with van der Waals surface area (Å²) >= 11 is 0. The van der Waals surface area contributed by atoms with Gasteiger partial charge in [0.05, 0.1) is 21.0 Å². The zero-order valence-corrected chi connectivity index (χ0v) is 50.5. The van der Waals surface area contributed by atoms with Gasteiger partial charge in [-0.1, -0.05) is 56.4 Å². The molecule has 0 aromatic heterocycles. The van der Waals surface area contributed by atoms with E-state index in [0.717, 1.165) is 44.2 Å². The molecule has 2 unspecified atom stereocenters. The van der Waals surface area contributed by atoms with Gasteiger partial charge in [0.15, 0.2) is 5.71 Å². The van der Waals surface area contributed by atoms with Crippen molar-refractivity contribution in [3.8, 4) is 0 Å². The largest absolute Gasteiger partial charge is 0.481 e. The second-order valence-electron chi connectivity index (χ2n) is 22.3. The first-order valence-electron chi connectivity index (χ1n) is 27.5. The van der Waals surface area contributed by atoms with Gasteiger partial charge in [-0.25, -0.2) is 0 Å². The van der Waals surface area contributed by atoms with Crippen molar-refractivity contribution >= 4 is 101 Å². The highest BCUT2D eigenvalue weighted by Gasteiger charge is 2.47. The van der Waals surface area contributed by atoms with Crippen LogP contribution in [0, 0.1) is 5.92 Å². The summed E-state index contributed by atoms with van der Waals surface area (Å²) in [4.78, 5) is 23.2. The molecule has 0 fully saturated rings. The summed E-state index contributed by atoms with van der Waals surface area (Å²) in [7, 11) is -24.6. The quantitative estimate of drug-likeness (QED) is 0.0334. The Morgan fingerprint density at radius 2 is 1.28 bits per heavy atom. The number of carbonyl (C=O) groups is 2. The number of benzene rings is 4. The van der Waals surface area contributed by atoms with Gasteiger partial charge < -0.3 is 20.6 Å². The van der Waals surface area contributed by atoms with Crippen LogP contribution < -0.4 is 15.5 Å². The molecule has 454 valence electrons. The number of unbranched alkanes of at least 4 members (excludes halogenated alkanes) is 2. The van der Waals surface area contributed by atoms with Gasteiger partial charge in [0.1, 0.15) is 16.3 Å². The van der Waals surface area contributed by atoms with Crippen LogP contribution in [0.2, 0.25) is 0 Å². The fourth-order valence-corrected chi connectivity index (χ4v) is 15.2. The molecule has 2 atom stereocenters. The zero-order chi connectivity index (χ0) is 60.9. The molecule has 0 saturated heterocycles. The van der Waals surface area contributed by atoms with Crippen LogP contribution in [-0.2, 0) is 71.0 Å². The summed E-state index contributed by atoms with van der Waals surface area (Å²) < 4.78 is 180. The molecule has 0 bridgehead atoms. The van der Waals surface area contributed by atoms with E-state index < -0.39 is 92.7 Å². The molecule has 27 heteroatoms. The van der Waals surface area contributed by atoms with Gasteiger partial charge in [0.25, 0.3) is 50.6 Å². The van der Waals surface area contributed by atoms with Gasteiger partial charge in [0, 0.05) is 77.6 Å². The lowest BCUT2D eigenvalue weighted by molar-refractivity contribution is -0.438. The van der Waals surface area contributed by atoms with Crippen molar-refractivity contribution in [1.29, 1.82) is 0 Å². The highest BCUT2D eigenvalue weighted by Crippen LogP contribution is 2.54. The van der Waals surface area contributed by atoms with Crippen LogP contribution in [-0.4, -0.2) is 131 Å². The predicted octanol–water partition coefficient (Wildman–Crippen LogP) is 8.29. The van der Waals surface area contributed by atoms with Crippen molar-refractivity contribution in [3.63, 3.8) is 0 Å². The Balaban J connectivity index is 1.36. The monoisotopic (exact) mass is 1250 g/mol. The van der Waals surface area contributed by atoms with E-state index in [-0.39, 0.29) is 59.2 Å². The number of aliphatic carboxylic acids is 1. The molecular formula is C56H73N4O18S5+. The Labute approximate surface area is 485 Å². The summed E-state index contributed by atoms with van der Waals surface area (Å²) in [5.74, 6) is -1.54. The maximum absolute atomic E-state index is 13.3. The molecule has 0 aliphatic carbocycles. The number of anilines is 1. The highest BCUT2D eigenvalue weighted by atomic mass is 32.2. The number of amides is 1. The predicted molar refractivity (Wildman–Crippen MR) is 314 cm³/mol. The smallest absolute Gasteiger partial charge is 0.303 e. The molecular weight excluding hydrogens is 1180 g/mol. The fourth-order valence-electron chi connectivity index (χ4n) is 12.0. The molecule has 4 aromatic carbocycles. The normalized spacial score (nSPS) is 21.8. The van der Waals surface area contributed by atoms with Crippen LogP contribution in [0.5, 0.6) is 0 Å². The Bertz CT molecular complexity index is 3890. The van der Waals surface area contributed by atoms with Gasteiger partial charge in [-0.2, -0.15) is 46.7 Å². The number of nitrogens with zero attached hydrogens (tertiary/aromatic N) is 2. The fraction of sp³-hybridized carbons (Fsp3) is 0.482. The minimum absolute atomic E-state index is 0.00287. The van der Waals surface area contributed by atoms with Gasteiger partial charge in [-0.05, 0) is 144 Å². The summed E-state index contributed by atoms with van der Waals surface area (Å²) in [5.41, 5.74) is 1.07. The van der Waals surface area contributed by atoms with Crippen LogP contribution in [0.25, 0.3) is 21.5 Å². The highest BCUT2D eigenvalue weighted by molar-refractivity contribution is 7.87. The van der Waals surface area contributed by atoms with E-state index in [4.69, 9.17) is 5.11 Å². The third-order valence-corrected chi connectivity index (χ3v) is 20.2. The molecule has 4 aromatic rings. The van der Waals surface area contributed by atoms with E-state index in [1.165, 1.54) is 12.1 Å². The third kappa shape index (κ3) is 15.7. The summed E-state index contributed by atoms with van der Waals surface area (Å²) in [6, 6.07) is 9.76. The Morgan fingerprint density at radius 3 is 1.89 bits per heavy atom. The number of hydrogen-bond acceptors (Lipinski definition) is 14. The molecule has 0 spiro atoms. The lowest BCUT2D eigenvalue weighted by atomic mass is 9.75.